The molecule has 0 spiro atoms. The maximum Gasteiger partial charge on any atom is 0.251 e. The van der Waals surface area contributed by atoms with Crippen LogP contribution in [0.3, 0.4) is 0 Å². The molecule has 0 aromatic heterocycles. The van der Waals surface area contributed by atoms with Crippen LogP contribution in [0.4, 0.5) is 0 Å². The Morgan fingerprint density at radius 1 is 1.06 bits per heavy atom. The van der Waals surface area contributed by atoms with E-state index in [1.165, 1.54) is 0 Å². The van der Waals surface area contributed by atoms with E-state index in [-0.39, 0.29) is 11.3 Å². The van der Waals surface area contributed by atoms with E-state index >= 15 is 0 Å². The number of nitrogens with one attached hydrogen (secondary N) is 1. The first kappa shape index (κ1) is 26.4. The fraction of sp³-hybridized carbons (Fsp3) is 0.481. The molecule has 0 saturated carbocycles. The highest BCUT2D eigenvalue weighted by molar-refractivity contribution is 5.97. The summed E-state index contributed by atoms with van der Waals surface area (Å²) < 4.78 is 6.13. The van der Waals surface area contributed by atoms with Crippen LogP contribution < -0.4 is 15.8 Å². The van der Waals surface area contributed by atoms with Crippen molar-refractivity contribution in [1.82, 2.24) is 10.2 Å². The number of primary amides is 1. The van der Waals surface area contributed by atoms with Crippen molar-refractivity contribution in [2.75, 3.05) is 26.7 Å². The van der Waals surface area contributed by atoms with Crippen molar-refractivity contribution in [2.45, 2.75) is 54.0 Å². The quantitative estimate of drug-likeness (QED) is 0.513. The van der Waals surface area contributed by atoms with Crippen LogP contribution in [-0.4, -0.2) is 49.5 Å². The van der Waals surface area contributed by atoms with Crippen molar-refractivity contribution in [3.8, 4) is 16.9 Å². The summed E-state index contributed by atoms with van der Waals surface area (Å²) in [6.45, 7) is 14.6. The summed E-state index contributed by atoms with van der Waals surface area (Å²) in [6.07, 6.45) is 0.850. The van der Waals surface area contributed by atoms with Gasteiger partial charge in [-0.1, -0.05) is 26.8 Å². The molecule has 0 fully saturated rings. The van der Waals surface area contributed by atoms with Crippen LogP contribution in [0.25, 0.3) is 11.1 Å². The highest BCUT2D eigenvalue weighted by atomic mass is 16.5. The smallest absolute Gasteiger partial charge is 0.251 e. The molecule has 0 saturated heterocycles. The summed E-state index contributed by atoms with van der Waals surface area (Å²) in [6, 6.07) is 11.3. The van der Waals surface area contributed by atoms with Gasteiger partial charge in [-0.05, 0) is 81.1 Å². The molecule has 0 aliphatic rings. The van der Waals surface area contributed by atoms with Crippen molar-refractivity contribution >= 4 is 11.8 Å². The lowest BCUT2D eigenvalue weighted by atomic mass is 9.95. The average molecular weight is 454 g/mol. The second-order valence-corrected chi connectivity index (χ2v) is 10.1. The molecule has 0 aliphatic carbocycles. The van der Waals surface area contributed by atoms with Gasteiger partial charge < -0.3 is 20.7 Å². The van der Waals surface area contributed by atoms with Crippen molar-refractivity contribution < 1.29 is 14.3 Å². The fourth-order valence-corrected chi connectivity index (χ4v) is 3.27. The fourth-order valence-electron chi connectivity index (χ4n) is 3.27. The van der Waals surface area contributed by atoms with E-state index < -0.39 is 5.91 Å². The number of nitrogens with zero attached hydrogens (tertiary/aromatic N) is 1. The van der Waals surface area contributed by atoms with Gasteiger partial charge in [0.15, 0.2) is 0 Å². The Morgan fingerprint density at radius 2 is 1.73 bits per heavy atom. The minimum atomic E-state index is -0.502. The number of rotatable bonds is 10. The lowest BCUT2D eigenvalue weighted by Crippen LogP contribution is -2.32. The SMILES string of the molecule is Cc1ccc(C(=O)NCC(C)(C)C)cc1-c1ccc(C(N)=O)cc1OCCCN(C)C(C)C. The van der Waals surface area contributed by atoms with E-state index in [1.54, 1.807) is 12.1 Å². The van der Waals surface area contributed by atoms with Gasteiger partial charge in [-0.3, -0.25) is 9.59 Å². The zero-order chi connectivity index (χ0) is 24.8. The van der Waals surface area contributed by atoms with E-state index in [9.17, 15) is 9.59 Å². The van der Waals surface area contributed by atoms with Crippen LogP contribution in [0.1, 0.15) is 67.3 Å². The molecular weight excluding hydrogens is 414 g/mol. The van der Waals surface area contributed by atoms with Crippen molar-refractivity contribution in [3.63, 3.8) is 0 Å². The molecule has 0 radical (unpaired) electrons. The molecule has 3 N–H and O–H groups in total. The normalized spacial score (nSPS) is 11.7. The summed E-state index contributed by atoms with van der Waals surface area (Å²) in [5, 5.41) is 3.00. The second kappa shape index (κ2) is 11.3. The number of ether oxygens (including phenoxy) is 1. The van der Waals surface area contributed by atoms with Gasteiger partial charge in [-0.15, -0.1) is 0 Å². The molecule has 2 amide bonds. The molecule has 0 unspecified atom stereocenters. The minimum Gasteiger partial charge on any atom is -0.493 e. The maximum atomic E-state index is 12.7. The predicted molar refractivity (Wildman–Crippen MR) is 135 cm³/mol. The number of amides is 2. The zero-order valence-electron chi connectivity index (χ0n) is 21.1. The summed E-state index contributed by atoms with van der Waals surface area (Å²) >= 11 is 0. The number of hydrogen-bond donors (Lipinski definition) is 2. The van der Waals surface area contributed by atoms with E-state index in [1.807, 2.05) is 31.2 Å². The van der Waals surface area contributed by atoms with Crippen molar-refractivity contribution in [3.05, 3.63) is 53.1 Å². The van der Waals surface area contributed by atoms with Gasteiger partial charge in [0.2, 0.25) is 5.91 Å². The van der Waals surface area contributed by atoms with Gasteiger partial charge in [0.1, 0.15) is 5.75 Å². The van der Waals surface area contributed by atoms with Crippen LogP contribution >= 0.6 is 0 Å². The first-order valence-corrected chi connectivity index (χ1v) is 11.5. The van der Waals surface area contributed by atoms with E-state index in [0.717, 1.165) is 29.7 Å². The summed E-state index contributed by atoms with van der Waals surface area (Å²) in [7, 11) is 2.09. The van der Waals surface area contributed by atoms with Gasteiger partial charge in [0.25, 0.3) is 5.91 Å². The molecule has 0 atom stereocenters. The number of hydrogen-bond acceptors (Lipinski definition) is 4. The van der Waals surface area contributed by atoms with Crippen LogP contribution in [0.15, 0.2) is 36.4 Å². The standard InChI is InChI=1S/C27H39N3O3/c1-18(2)30(7)13-8-14-33-24-16-20(25(28)31)11-12-22(24)23-15-21(10-9-19(23)3)26(32)29-17-27(4,5)6/h9-12,15-16,18H,8,13-14,17H2,1-7H3,(H2,28,31)(H,29,32). The number of benzene rings is 2. The Balaban J connectivity index is 2.32. The Kier molecular flexibility index (Phi) is 9.06. The highest BCUT2D eigenvalue weighted by Gasteiger charge is 2.17. The van der Waals surface area contributed by atoms with Gasteiger partial charge in [0, 0.05) is 35.8 Å². The summed E-state index contributed by atoms with van der Waals surface area (Å²) in [4.78, 5) is 26.8. The molecule has 0 heterocycles. The second-order valence-electron chi connectivity index (χ2n) is 10.1. The van der Waals surface area contributed by atoms with Crippen LogP contribution in [0.5, 0.6) is 5.75 Å². The molecule has 2 aromatic rings. The molecular formula is C27H39N3O3. The topological polar surface area (TPSA) is 84.7 Å². The van der Waals surface area contributed by atoms with E-state index in [2.05, 4.69) is 51.9 Å². The first-order chi connectivity index (χ1) is 15.4. The van der Waals surface area contributed by atoms with E-state index in [0.29, 0.717) is 36.1 Å². The Labute approximate surface area is 198 Å². The van der Waals surface area contributed by atoms with Crippen LogP contribution in [0.2, 0.25) is 0 Å². The highest BCUT2D eigenvalue weighted by Crippen LogP contribution is 2.34. The number of aryl methyl sites for hydroxylation is 1. The number of carbonyl (C=O) groups excluding carboxylic acids is 2. The third kappa shape index (κ3) is 7.90. The molecule has 2 aromatic carbocycles. The van der Waals surface area contributed by atoms with Gasteiger partial charge >= 0.3 is 0 Å². The molecule has 6 nitrogen and oxygen atoms in total. The Bertz CT molecular complexity index is 977. The largest absolute Gasteiger partial charge is 0.493 e. The predicted octanol–water partition coefficient (Wildman–Crippen LogP) is 4.65. The van der Waals surface area contributed by atoms with Gasteiger partial charge in [-0.2, -0.15) is 0 Å². The number of carbonyl (C=O) groups is 2. The zero-order valence-corrected chi connectivity index (χ0v) is 21.1. The molecule has 180 valence electrons. The third-order valence-corrected chi connectivity index (χ3v) is 5.63. The molecule has 2 rings (SSSR count). The van der Waals surface area contributed by atoms with Gasteiger partial charge in [0.05, 0.1) is 6.61 Å². The summed E-state index contributed by atoms with van der Waals surface area (Å²) in [5.74, 6) is -0.0223. The van der Waals surface area contributed by atoms with Crippen molar-refractivity contribution in [2.24, 2.45) is 11.1 Å². The van der Waals surface area contributed by atoms with Crippen LogP contribution in [0, 0.1) is 12.3 Å². The molecule has 6 heteroatoms. The van der Waals surface area contributed by atoms with E-state index in [4.69, 9.17) is 10.5 Å². The maximum absolute atomic E-state index is 12.7. The average Bonchev–Trinajstić information content (AvgIpc) is 2.74. The molecule has 0 aliphatic heterocycles. The lowest BCUT2D eigenvalue weighted by Gasteiger charge is -2.21. The number of nitrogens with two attached hydrogens (primary N) is 1. The van der Waals surface area contributed by atoms with Gasteiger partial charge in [-0.25, -0.2) is 0 Å². The summed E-state index contributed by atoms with van der Waals surface area (Å²) in [5.41, 5.74) is 9.22. The molecule has 0 bridgehead atoms. The lowest BCUT2D eigenvalue weighted by molar-refractivity contribution is 0.0938. The third-order valence-electron chi connectivity index (χ3n) is 5.63. The van der Waals surface area contributed by atoms with Crippen molar-refractivity contribution in [1.29, 1.82) is 0 Å². The monoisotopic (exact) mass is 453 g/mol. The first-order valence-electron chi connectivity index (χ1n) is 11.5. The minimum absolute atomic E-state index is 0.00156. The Hall–Kier alpha value is -2.86. The molecule has 33 heavy (non-hydrogen) atoms. The van der Waals surface area contributed by atoms with Crippen LogP contribution in [-0.2, 0) is 0 Å². The Morgan fingerprint density at radius 3 is 2.33 bits per heavy atom.